The Hall–Kier alpha value is -2.53. The highest BCUT2D eigenvalue weighted by Crippen LogP contribution is 2.29. The first-order valence-electron chi connectivity index (χ1n) is 8.09. The van der Waals surface area contributed by atoms with E-state index in [1.54, 1.807) is 24.5 Å². The molecule has 0 atom stereocenters. The number of benzene rings is 1. The van der Waals surface area contributed by atoms with Gasteiger partial charge < -0.3 is 0 Å². The quantitative estimate of drug-likeness (QED) is 0.775. The van der Waals surface area contributed by atoms with E-state index >= 15 is 0 Å². The second-order valence-electron chi connectivity index (χ2n) is 5.92. The number of carbonyl (C=O) groups excluding carboxylic acids is 1. The van der Waals surface area contributed by atoms with Gasteiger partial charge in [0.25, 0.3) is 5.91 Å². The molecule has 0 saturated carbocycles. The van der Waals surface area contributed by atoms with Crippen LogP contribution in [-0.4, -0.2) is 15.9 Å². The average molecular weight is 335 g/mol. The van der Waals surface area contributed by atoms with Crippen molar-refractivity contribution in [1.29, 1.82) is 0 Å². The predicted octanol–water partition coefficient (Wildman–Crippen LogP) is 4.34. The van der Waals surface area contributed by atoms with Crippen molar-refractivity contribution in [1.82, 2.24) is 9.97 Å². The lowest BCUT2D eigenvalue weighted by Crippen LogP contribution is -2.11. The summed E-state index contributed by atoms with van der Waals surface area (Å²) in [7, 11) is 0. The first-order valence-corrected chi connectivity index (χ1v) is 8.97. The maximum atomic E-state index is 12.2. The molecule has 0 saturated heterocycles. The minimum absolute atomic E-state index is 0.186. The molecule has 24 heavy (non-hydrogen) atoms. The zero-order valence-corrected chi connectivity index (χ0v) is 14.0. The summed E-state index contributed by atoms with van der Waals surface area (Å²) in [6.07, 6.45) is 8.08. The second-order valence-corrected chi connectivity index (χ2v) is 6.78. The van der Waals surface area contributed by atoms with Crippen LogP contribution in [0.3, 0.4) is 0 Å². The van der Waals surface area contributed by atoms with Crippen molar-refractivity contribution in [3.05, 3.63) is 64.8 Å². The number of anilines is 1. The molecule has 1 aromatic carbocycles. The van der Waals surface area contributed by atoms with E-state index in [1.165, 1.54) is 41.7 Å². The number of nitrogens with zero attached hydrogens (tertiary/aromatic N) is 2. The molecular weight excluding hydrogens is 318 g/mol. The van der Waals surface area contributed by atoms with Gasteiger partial charge in [-0.25, -0.2) is 4.98 Å². The maximum Gasteiger partial charge on any atom is 0.259 e. The van der Waals surface area contributed by atoms with Crippen LogP contribution in [0.5, 0.6) is 0 Å². The topological polar surface area (TPSA) is 54.9 Å². The molecule has 0 spiro atoms. The standard InChI is InChI=1S/C19H17N3OS/c23-18(16-6-3-9-20-11-16)22-19-21-17(12-24-19)15-8-7-13-4-1-2-5-14(13)10-15/h3,6-12H,1-2,4-5H2,(H,21,22,23). The fourth-order valence-electron chi connectivity index (χ4n) is 3.02. The highest BCUT2D eigenvalue weighted by molar-refractivity contribution is 7.14. The van der Waals surface area contributed by atoms with Gasteiger partial charge in [-0.2, -0.15) is 0 Å². The Labute approximate surface area is 144 Å². The molecule has 4 rings (SSSR count). The first kappa shape index (κ1) is 15.0. The molecule has 2 heterocycles. The highest BCUT2D eigenvalue weighted by atomic mass is 32.1. The number of fused-ring (bicyclic) bond motifs is 1. The van der Waals surface area contributed by atoms with E-state index in [9.17, 15) is 4.79 Å². The van der Waals surface area contributed by atoms with Crippen LogP contribution in [0.15, 0.2) is 48.1 Å². The Balaban J connectivity index is 1.53. The lowest BCUT2D eigenvalue weighted by atomic mass is 9.90. The number of amides is 1. The van der Waals surface area contributed by atoms with E-state index in [2.05, 4.69) is 33.5 Å². The minimum atomic E-state index is -0.186. The summed E-state index contributed by atoms with van der Waals surface area (Å²) in [5.41, 5.74) is 5.46. The third-order valence-electron chi connectivity index (χ3n) is 4.29. The fraction of sp³-hybridized carbons (Fsp3) is 0.211. The molecule has 5 heteroatoms. The molecule has 0 unspecified atom stereocenters. The van der Waals surface area contributed by atoms with E-state index in [0.717, 1.165) is 17.7 Å². The van der Waals surface area contributed by atoms with Crippen molar-refractivity contribution in [2.45, 2.75) is 25.7 Å². The summed E-state index contributed by atoms with van der Waals surface area (Å²) in [6.45, 7) is 0. The monoisotopic (exact) mass is 335 g/mol. The number of hydrogen-bond donors (Lipinski definition) is 1. The van der Waals surface area contributed by atoms with E-state index in [0.29, 0.717) is 10.7 Å². The number of carbonyl (C=O) groups is 1. The predicted molar refractivity (Wildman–Crippen MR) is 96.4 cm³/mol. The fourth-order valence-corrected chi connectivity index (χ4v) is 3.74. The Morgan fingerprint density at radius 3 is 2.83 bits per heavy atom. The highest BCUT2D eigenvalue weighted by Gasteiger charge is 2.13. The van der Waals surface area contributed by atoms with Gasteiger partial charge in [0.15, 0.2) is 5.13 Å². The zero-order valence-electron chi connectivity index (χ0n) is 13.2. The van der Waals surface area contributed by atoms with Gasteiger partial charge in [-0.3, -0.25) is 15.1 Å². The molecule has 4 nitrogen and oxygen atoms in total. The third kappa shape index (κ3) is 3.08. The van der Waals surface area contributed by atoms with Crippen molar-refractivity contribution >= 4 is 22.4 Å². The summed E-state index contributed by atoms with van der Waals surface area (Å²) >= 11 is 1.44. The summed E-state index contributed by atoms with van der Waals surface area (Å²) in [5, 5.41) is 5.44. The first-order chi connectivity index (χ1) is 11.8. The lowest BCUT2D eigenvalue weighted by molar-refractivity contribution is 0.102. The number of aromatic nitrogens is 2. The number of nitrogens with one attached hydrogen (secondary N) is 1. The molecule has 120 valence electrons. The molecule has 0 radical (unpaired) electrons. The summed E-state index contributed by atoms with van der Waals surface area (Å²) in [4.78, 5) is 20.7. The zero-order chi connectivity index (χ0) is 16.4. The number of pyridine rings is 1. The summed E-state index contributed by atoms with van der Waals surface area (Å²) in [5.74, 6) is -0.186. The van der Waals surface area contributed by atoms with Crippen LogP contribution in [0.25, 0.3) is 11.3 Å². The number of aryl methyl sites for hydroxylation is 2. The van der Waals surface area contributed by atoms with Crippen LogP contribution in [-0.2, 0) is 12.8 Å². The molecule has 3 aromatic rings. The Kier molecular flexibility index (Phi) is 4.09. The average Bonchev–Trinajstić information content (AvgIpc) is 3.10. The van der Waals surface area contributed by atoms with E-state index in [4.69, 9.17) is 0 Å². The van der Waals surface area contributed by atoms with Gasteiger partial charge in [-0.1, -0.05) is 12.1 Å². The van der Waals surface area contributed by atoms with Crippen molar-refractivity contribution < 1.29 is 4.79 Å². The van der Waals surface area contributed by atoms with Crippen molar-refractivity contribution in [2.24, 2.45) is 0 Å². The van der Waals surface area contributed by atoms with Crippen molar-refractivity contribution in [3.63, 3.8) is 0 Å². The molecule has 1 amide bonds. The van der Waals surface area contributed by atoms with Gasteiger partial charge >= 0.3 is 0 Å². The molecule has 1 aliphatic rings. The van der Waals surface area contributed by atoms with Gasteiger partial charge in [-0.05, 0) is 55.0 Å². The normalized spacial score (nSPS) is 13.3. The van der Waals surface area contributed by atoms with Crippen LogP contribution in [0.1, 0.15) is 34.3 Å². The van der Waals surface area contributed by atoms with Gasteiger partial charge in [0.05, 0.1) is 11.3 Å². The van der Waals surface area contributed by atoms with Gasteiger partial charge in [0.2, 0.25) is 0 Å². The number of rotatable bonds is 3. The van der Waals surface area contributed by atoms with Crippen LogP contribution < -0.4 is 5.32 Å². The molecule has 0 bridgehead atoms. The molecule has 0 fully saturated rings. The van der Waals surface area contributed by atoms with Crippen LogP contribution in [0, 0.1) is 0 Å². The van der Waals surface area contributed by atoms with E-state index < -0.39 is 0 Å². The van der Waals surface area contributed by atoms with Gasteiger partial charge in [0.1, 0.15) is 0 Å². The lowest BCUT2D eigenvalue weighted by Gasteiger charge is -2.16. The smallest absolute Gasteiger partial charge is 0.259 e. The SMILES string of the molecule is O=C(Nc1nc(-c2ccc3c(c2)CCCC3)cs1)c1cccnc1. The van der Waals surface area contributed by atoms with Crippen molar-refractivity contribution in [3.8, 4) is 11.3 Å². The second kappa shape index (κ2) is 6.53. The number of thiazole rings is 1. The van der Waals surface area contributed by atoms with Crippen LogP contribution in [0.2, 0.25) is 0 Å². The number of hydrogen-bond acceptors (Lipinski definition) is 4. The van der Waals surface area contributed by atoms with E-state index in [1.807, 2.05) is 5.38 Å². The van der Waals surface area contributed by atoms with Gasteiger partial charge in [0, 0.05) is 23.3 Å². The molecule has 1 N–H and O–H groups in total. The maximum absolute atomic E-state index is 12.2. The minimum Gasteiger partial charge on any atom is -0.298 e. The largest absolute Gasteiger partial charge is 0.298 e. The van der Waals surface area contributed by atoms with Crippen LogP contribution >= 0.6 is 11.3 Å². The van der Waals surface area contributed by atoms with E-state index in [-0.39, 0.29) is 5.91 Å². The third-order valence-corrected chi connectivity index (χ3v) is 5.05. The molecule has 2 aromatic heterocycles. The molecule has 0 aliphatic heterocycles. The summed E-state index contributed by atoms with van der Waals surface area (Å²) < 4.78 is 0. The summed E-state index contributed by atoms with van der Waals surface area (Å²) in [6, 6.07) is 10.1. The molecule has 1 aliphatic carbocycles. The Morgan fingerprint density at radius 1 is 1.12 bits per heavy atom. The Bertz CT molecular complexity index is 873. The van der Waals surface area contributed by atoms with Crippen LogP contribution in [0.4, 0.5) is 5.13 Å². The Morgan fingerprint density at radius 2 is 2.00 bits per heavy atom. The molecular formula is C19H17N3OS. The van der Waals surface area contributed by atoms with Crippen molar-refractivity contribution in [2.75, 3.05) is 5.32 Å². The van der Waals surface area contributed by atoms with Gasteiger partial charge in [-0.15, -0.1) is 11.3 Å².